The molecular weight excluding hydrogens is 613 g/mol. The standard InChI is InChI=1S/C31H36IN7O/c1-37(30(40)20-39-17-15-23(16-18-39)35-26-6-4-3-5-25(26)32)24-12-13-28-27(19-24)36-29(38(28)2)14-9-21-7-10-22(11-8-21)31(33)34/h3-8,10-13,19,23,35H,9,14-18,20H2,1-2H3,(H3,33,34). The van der Waals surface area contributed by atoms with Crippen molar-refractivity contribution in [1.82, 2.24) is 14.5 Å². The Morgan fingerprint density at radius 1 is 1.10 bits per heavy atom. The van der Waals surface area contributed by atoms with Crippen LogP contribution in [-0.2, 0) is 24.7 Å². The summed E-state index contributed by atoms with van der Waals surface area (Å²) in [4.78, 5) is 22.1. The van der Waals surface area contributed by atoms with Gasteiger partial charge in [-0.05, 0) is 77.7 Å². The maximum atomic E-state index is 13.2. The summed E-state index contributed by atoms with van der Waals surface area (Å²) in [5.41, 5.74) is 11.5. The van der Waals surface area contributed by atoms with Crippen molar-refractivity contribution < 1.29 is 4.79 Å². The van der Waals surface area contributed by atoms with Gasteiger partial charge in [-0.25, -0.2) is 4.98 Å². The third-order valence-electron chi connectivity index (χ3n) is 7.80. The minimum Gasteiger partial charge on any atom is -0.384 e. The monoisotopic (exact) mass is 649 g/mol. The Morgan fingerprint density at radius 3 is 2.52 bits per heavy atom. The summed E-state index contributed by atoms with van der Waals surface area (Å²) in [6, 6.07) is 22.7. The van der Waals surface area contributed by atoms with Crippen LogP contribution in [0.25, 0.3) is 11.0 Å². The molecule has 1 aliphatic rings. The number of imidazole rings is 1. The first-order valence-corrected chi connectivity index (χ1v) is 14.7. The van der Waals surface area contributed by atoms with Crippen LogP contribution in [-0.4, -0.2) is 58.9 Å². The molecule has 5 rings (SSSR count). The van der Waals surface area contributed by atoms with Crippen molar-refractivity contribution in [3.05, 3.63) is 87.3 Å². The van der Waals surface area contributed by atoms with Crippen LogP contribution in [0, 0.1) is 8.98 Å². The van der Waals surface area contributed by atoms with Gasteiger partial charge in [0.05, 0.1) is 17.6 Å². The number of carbonyl (C=O) groups is 1. The Bertz CT molecular complexity index is 1510. The van der Waals surface area contributed by atoms with Crippen LogP contribution in [0.1, 0.15) is 29.8 Å². The number of anilines is 2. The number of para-hydroxylation sites is 1. The predicted octanol–water partition coefficient (Wildman–Crippen LogP) is 4.79. The Labute approximate surface area is 249 Å². The number of halogens is 1. The van der Waals surface area contributed by atoms with Gasteiger partial charge in [0.15, 0.2) is 0 Å². The zero-order valence-electron chi connectivity index (χ0n) is 23.0. The molecule has 0 bridgehead atoms. The zero-order valence-corrected chi connectivity index (χ0v) is 25.2. The number of rotatable bonds is 9. The average Bonchev–Trinajstić information content (AvgIpc) is 3.28. The summed E-state index contributed by atoms with van der Waals surface area (Å²) in [7, 11) is 3.89. The van der Waals surface area contributed by atoms with Gasteiger partial charge in [0.25, 0.3) is 0 Å². The molecule has 1 aromatic heterocycles. The third-order valence-corrected chi connectivity index (χ3v) is 8.74. The highest BCUT2D eigenvalue weighted by molar-refractivity contribution is 14.1. The van der Waals surface area contributed by atoms with E-state index in [0.717, 1.165) is 66.9 Å². The second-order valence-corrected chi connectivity index (χ2v) is 11.7. The number of benzene rings is 3. The molecule has 0 radical (unpaired) electrons. The van der Waals surface area contributed by atoms with Crippen molar-refractivity contribution >= 4 is 56.7 Å². The maximum Gasteiger partial charge on any atom is 0.240 e. The number of nitrogens with zero attached hydrogens (tertiary/aromatic N) is 4. The number of amidine groups is 1. The lowest BCUT2D eigenvalue weighted by molar-refractivity contribution is -0.119. The van der Waals surface area contributed by atoms with E-state index in [0.29, 0.717) is 12.6 Å². The van der Waals surface area contributed by atoms with Crippen molar-refractivity contribution in [1.29, 1.82) is 5.41 Å². The number of aromatic nitrogens is 2. The molecule has 0 saturated carbocycles. The lowest BCUT2D eigenvalue weighted by Crippen LogP contribution is -2.44. The second-order valence-electron chi connectivity index (χ2n) is 10.5. The number of aryl methyl sites for hydroxylation is 3. The number of nitrogen functional groups attached to an aromatic ring is 1. The molecule has 1 aliphatic heterocycles. The number of likely N-dealkylation sites (tertiary alicyclic amines) is 1. The largest absolute Gasteiger partial charge is 0.384 e. The van der Waals surface area contributed by atoms with Gasteiger partial charge in [0, 0.05) is 60.2 Å². The van der Waals surface area contributed by atoms with Crippen LogP contribution in [0.4, 0.5) is 11.4 Å². The van der Waals surface area contributed by atoms with Crippen LogP contribution in [0.3, 0.4) is 0 Å². The van der Waals surface area contributed by atoms with Gasteiger partial charge in [0.1, 0.15) is 11.7 Å². The van der Waals surface area contributed by atoms with E-state index in [4.69, 9.17) is 16.1 Å². The van der Waals surface area contributed by atoms with E-state index >= 15 is 0 Å². The molecule has 40 heavy (non-hydrogen) atoms. The van der Waals surface area contributed by atoms with Crippen LogP contribution in [0.15, 0.2) is 66.7 Å². The molecule has 1 fully saturated rings. The van der Waals surface area contributed by atoms with Crippen LogP contribution < -0.4 is 16.0 Å². The maximum absolute atomic E-state index is 13.2. The summed E-state index contributed by atoms with van der Waals surface area (Å²) >= 11 is 2.37. The van der Waals surface area contributed by atoms with E-state index in [1.165, 1.54) is 14.8 Å². The summed E-state index contributed by atoms with van der Waals surface area (Å²) in [5, 5.41) is 11.2. The number of nitrogens with one attached hydrogen (secondary N) is 2. The molecule has 0 atom stereocenters. The first-order valence-electron chi connectivity index (χ1n) is 13.7. The molecule has 0 spiro atoms. The quantitative estimate of drug-likeness (QED) is 0.138. The first kappa shape index (κ1) is 28.1. The van der Waals surface area contributed by atoms with Crippen molar-refractivity contribution in [3.8, 4) is 0 Å². The number of hydrogen-bond donors (Lipinski definition) is 3. The molecular formula is C31H36IN7O. The number of fused-ring (bicyclic) bond motifs is 1. The van der Waals surface area contributed by atoms with Crippen molar-refractivity contribution in [2.75, 3.05) is 36.9 Å². The van der Waals surface area contributed by atoms with Gasteiger partial charge in [0.2, 0.25) is 5.91 Å². The summed E-state index contributed by atoms with van der Waals surface area (Å²) < 4.78 is 3.36. The molecule has 0 aliphatic carbocycles. The highest BCUT2D eigenvalue weighted by Gasteiger charge is 2.23. The summed E-state index contributed by atoms with van der Waals surface area (Å²) in [6.07, 6.45) is 3.68. The number of carbonyl (C=O) groups excluding carboxylic acids is 1. The Hall–Kier alpha value is -3.44. The molecule has 0 unspecified atom stereocenters. The van der Waals surface area contributed by atoms with Crippen LogP contribution in [0.2, 0.25) is 0 Å². The highest BCUT2D eigenvalue weighted by atomic mass is 127. The molecule has 4 N–H and O–H groups in total. The third kappa shape index (κ3) is 6.47. The van der Waals surface area contributed by atoms with E-state index in [1.807, 2.05) is 50.5 Å². The van der Waals surface area contributed by atoms with Crippen molar-refractivity contribution in [2.24, 2.45) is 12.8 Å². The minimum absolute atomic E-state index is 0.0803. The normalized spacial score (nSPS) is 14.4. The number of hydrogen-bond acceptors (Lipinski definition) is 5. The fraction of sp³-hybridized carbons (Fsp3) is 0.323. The zero-order chi connectivity index (χ0) is 28.2. The molecule has 8 nitrogen and oxygen atoms in total. The molecule has 208 valence electrons. The van der Waals surface area contributed by atoms with Crippen molar-refractivity contribution in [2.45, 2.75) is 31.7 Å². The fourth-order valence-corrected chi connectivity index (χ4v) is 5.80. The summed E-state index contributed by atoms with van der Waals surface area (Å²) in [5.74, 6) is 1.17. The lowest BCUT2D eigenvalue weighted by Gasteiger charge is -2.33. The molecule has 1 saturated heterocycles. The Kier molecular flexibility index (Phi) is 8.70. The van der Waals surface area contributed by atoms with Gasteiger partial charge in [-0.15, -0.1) is 0 Å². The van der Waals surface area contributed by atoms with Crippen LogP contribution >= 0.6 is 22.6 Å². The van der Waals surface area contributed by atoms with Gasteiger partial charge in [-0.2, -0.15) is 0 Å². The lowest BCUT2D eigenvalue weighted by atomic mass is 10.0. The smallest absolute Gasteiger partial charge is 0.240 e. The van der Waals surface area contributed by atoms with Gasteiger partial charge < -0.3 is 20.5 Å². The van der Waals surface area contributed by atoms with E-state index in [-0.39, 0.29) is 11.7 Å². The van der Waals surface area contributed by atoms with Crippen LogP contribution in [0.5, 0.6) is 0 Å². The van der Waals surface area contributed by atoms with E-state index < -0.39 is 0 Å². The molecule has 1 amide bonds. The fourth-order valence-electron chi connectivity index (χ4n) is 5.25. The SMILES string of the molecule is CN(C(=O)CN1CCC(Nc2ccccc2I)CC1)c1ccc2c(c1)nc(CCc1ccc(C(=N)N)cc1)n2C. The highest BCUT2D eigenvalue weighted by Crippen LogP contribution is 2.24. The molecule has 9 heteroatoms. The Balaban J connectivity index is 1.16. The predicted molar refractivity (Wildman–Crippen MR) is 171 cm³/mol. The molecule has 2 heterocycles. The minimum atomic E-state index is 0.0803. The second kappa shape index (κ2) is 12.4. The van der Waals surface area contributed by atoms with Crippen molar-refractivity contribution in [3.63, 3.8) is 0 Å². The molecule has 3 aromatic carbocycles. The van der Waals surface area contributed by atoms with Gasteiger partial charge >= 0.3 is 0 Å². The van der Waals surface area contributed by atoms with E-state index in [9.17, 15) is 4.79 Å². The van der Waals surface area contributed by atoms with Gasteiger partial charge in [-0.3, -0.25) is 15.1 Å². The van der Waals surface area contributed by atoms with E-state index in [1.54, 1.807) is 4.90 Å². The average molecular weight is 650 g/mol. The number of nitrogens with two attached hydrogens (primary N) is 1. The Morgan fingerprint density at radius 2 is 1.82 bits per heavy atom. The number of likely N-dealkylation sites (N-methyl/N-ethyl adjacent to an activating group) is 1. The first-order chi connectivity index (χ1) is 19.3. The van der Waals surface area contributed by atoms with E-state index in [2.05, 4.69) is 67.7 Å². The molecule has 4 aromatic rings. The topological polar surface area (TPSA) is 103 Å². The van der Waals surface area contributed by atoms with Gasteiger partial charge in [-0.1, -0.05) is 36.4 Å². The number of amides is 1. The summed E-state index contributed by atoms with van der Waals surface area (Å²) in [6.45, 7) is 2.22. The number of piperidine rings is 1.